The molecule has 0 aliphatic rings. The van der Waals surface area contributed by atoms with E-state index in [2.05, 4.69) is 16.0 Å². The van der Waals surface area contributed by atoms with Gasteiger partial charge >= 0.3 is 11.9 Å². The maximum atomic E-state index is 13.2. The number of carbonyl (C=O) groups excluding carboxylic acids is 3. The van der Waals surface area contributed by atoms with Gasteiger partial charge in [0, 0.05) is 12.8 Å². The van der Waals surface area contributed by atoms with E-state index < -0.39 is 60.2 Å². The van der Waals surface area contributed by atoms with Crippen molar-refractivity contribution >= 4 is 41.4 Å². The molecule has 0 saturated carbocycles. The van der Waals surface area contributed by atoms with Gasteiger partial charge < -0.3 is 31.9 Å². The van der Waals surface area contributed by atoms with Crippen LogP contribution in [-0.2, 0) is 30.4 Å². The molecule has 0 heterocycles. The number of aliphatic carboxylic acids is 2. The third-order valence-electron chi connectivity index (χ3n) is 5.48. The minimum absolute atomic E-state index is 0.0553. The molecule has 0 spiro atoms. The maximum absolute atomic E-state index is 13.2. The van der Waals surface area contributed by atoms with E-state index in [1.165, 1.54) is 11.8 Å². The summed E-state index contributed by atoms with van der Waals surface area (Å²) < 4.78 is 0. The van der Waals surface area contributed by atoms with Gasteiger partial charge in [-0.05, 0) is 42.8 Å². The predicted octanol–water partition coefficient (Wildman–Crippen LogP) is 0.759. The lowest BCUT2D eigenvalue weighted by atomic mass is 10.0. The highest BCUT2D eigenvalue weighted by Crippen LogP contribution is 2.09. The number of benzene rings is 1. The molecule has 7 N–H and O–H groups in total. The molecule has 0 saturated heterocycles. The number of nitrogens with two attached hydrogens (primary N) is 1. The Morgan fingerprint density at radius 1 is 0.865 bits per heavy atom. The molecule has 11 nitrogen and oxygen atoms in total. The lowest BCUT2D eigenvalue weighted by Crippen LogP contribution is -2.57. The Bertz CT molecular complexity index is 914. The van der Waals surface area contributed by atoms with E-state index in [1.54, 1.807) is 30.3 Å². The van der Waals surface area contributed by atoms with Crippen LogP contribution in [-0.4, -0.2) is 76.0 Å². The van der Waals surface area contributed by atoms with Crippen LogP contribution in [0, 0.1) is 5.92 Å². The van der Waals surface area contributed by atoms with Crippen molar-refractivity contribution in [1.82, 2.24) is 16.0 Å². The van der Waals surface area contributed by atoms with Gasteiger partial charge in [-0.2, -0.15) is 11.8 Å². The van der Waals surface area contributed by atoms with Gasteiger partial charge in [-0.1, -0.05) is 44.2 Å². The molecule has 0 radical (unpaired) electrons. The second-order valence-corrected chi connectivity index (χ2v) is 10.1. The van der Waals surface area contributed by atoms with Crippen molar-refractivity contribution in [1.29, 1.82) is 0 Å². The number of hydrogen-bond acceptors (Lipinski definition) is 7. The molecule has 206 valence electrons. The molecule has 1 aromatic rings. The minimum Gasteiger partial charge on any atom is -0.481 e. The summed E-state index contributed by atoms with van der Waals surface area (Å²) in [6.45, 7) is 3.86. The zero-order valence-corrected chi connectivity index (χ0v) is 22.3. The fourth-order valence-electron chi connectivity index (χ4n) is 3.53. The Balaban J connectivity index is 3.09. The SMILES string of the molecule is CSCCC(NC(=O)C(N)CC(C)C)C(=O)NC(Cc1ccccc1)C(=O)NC(CCC(=O)O)C(=O)O. The highest BCUT2D eigenvalue weighted by Gasteiger charge is 2.30. The fourth-order valence-corrected chi connectivity index (χ4v) is 4.00. The lowest BCUT2D eigenvalue weighted by molar-refractivity contribution is -0.143. The molecular formula is C25H38N4O7S. The second-order valence-electron chi connectivity index (χ2n) is 9.16. The molecular weight excluding hydrogens is 500 g/mol. The summed E-state index contributed by atoms with van der Waals surface area (Å²) in [7, 11) is 0. The molecule has 0 bridgehead atoms. The van der Waals surface area contributed by atoms with Crippen LogP contribution in [0.2, 0.25) is 0 Å². The van der Waals surface area contributed by atoms with Crippen molar-refractivity contribution in [3.8, 4) is 0 Å². The Hall–Kier alpha value is -3.12. The molecule has 37 heavy (non-hydrogen) atoms. The number of amides is 3. The van der Waals surface area contributed by atoms with Crippen molar-refractivity contribution < 1.29 is 34.2 Å². The van der Waals surface area contributed by atoms with Gasteiger partial charge in [0.25, 0.3) is 0 Å². The molecule has 4 atom stereocenters. The number of rotatable bonds is 17. The highest BCUT2D eigenvalue weighted by molar-refractivity contribution is 7.98. The molecule has 0 fully saturated rings. The third-order valence-corrected chi connectivity index (χ3v) is 6.13. The molecule has 1 rings (SSSR count). The van der Waals surface area contributed by atoms with Gasteiger partial charge in [-0.15, -0.1) is 0 Å². The summed E-state index contributed by atoms with van der Waals surface area (Å²) in [5.41, 5.74) is 6.68. The van der Waals surface area contributed by atoms with Gasteiger partial charge in [-0.25, -0.2) is 4.79 Å². The van der Waals surface area contributed by atoms with E-state index in [-0.39, 0.29) is 18.8 Å². The summed E-state index contributed by atoms with van der Waals surface area (Å²) in [4.78, 5) is 61.4. The number of carbonyl (C=O) groups is 5. The first-order chi connectivity index (χ1) is 17.4. The van der Waals surface area contributed by atoms with Gasteiger partial charge in [0.2, 0.25) is 17.7 Å². The third kappa shape index (κ3) is 12.6. The Morgan fingerprint density at radius 3 is 1.97 bits per heavy atom. The van der Waals surface area contributed by atoms with Crippen molar-refractivity contribution in [2.24, 2.45) is 11.7 Å². The normalized spacial score (nSPS) is 14.2. The molecule has 12 heteroatoms. The van der Waals surface area contributed by atoms with Crippen LogP contribution in [0.25, 0.3) is 0 Å². The Kier molecular flexibility index (Phi) is 14.3. The van der Waals surface area contributed by atoms with Gasteiger partial charge in [0.05, 0.1) is 6.04 Å². The number of thioether (sulfide) groups is 1. The smallest absolute Gasteiger partial charge is 0.326 e. The van der Waals surface area contributed by atoms with Gasteiger partial charge in [-0.3, -0.25) is 19.2 Å². The number of carboxylic acid groups (broad SMARTS) is 2. The van der Waals surface area contributed by atoms with Crippen molar-refractivity contribution in [2.45, 2.75) is 70.1 Å². The molecule has 3 amide bonds. The van der Waals surface area contributed by atoms with E-state index in [4.69, 9.17) is 10.8 Å². The monoisotopic (exact) mass is 538 g/mol. The average molecular weight is 539 g/mol. The van der Waals surface area contributed by atoms with E-state index >= 15 is 0 Å². The summed E-state index contributed by atoms with van der Waals surface area (Å²) >= 11 is 1.49. The second kappa shape index (κ2) is 16.6. The predicted molar refractivity (Wildman–Crippen MR) is 141 cm³/mol. The number of hydrogen-bond donors (Lipinski definition) is 6. The quantitative estimate of drug-likeness (QED) is 0.166. The Morgan fingerprint density at radius 2 is 1.43 bits per heavy atom. The molecule has 1 aromatic carbocycles. The average Bonchev–Trinajstić information content (AvgIpc) is 2.83. The van der Waals surface area contributed by atoms with E-state index in [1.807, 2.05) is 20.1 Å². The molecule has 0 aliphatic heterocycles. The minimum atomic E-state index is -1.44. The largest absolute Gasteiger partial charge is 0.481 e. The summed E-state index contributed by atoms with van der Waals surface area (Å²) in [5, 5.41) is 26.0. The first kappa shape index (κ1) is 31.9. The summed E-state index contributed by atoms with van der Waals surface area (Å²) in [6, 6.07) is 4.46. The highest BCUT2D eigenvalue weighted by atomic mass is 32.2. The van der Waals surface area contributed by atoms with E-state index in [9.17, 15) is 29.1 Å². The van der Waals surface area contributed by atoms with Crippen LogP contribution in [0.5, 0.6) is 0 Å². The van der Waals surface area contributed by atoms with Gasteiger partial charge in [0.15, 0.2) is 0 Å². The van der Waals surface area contributed by atoms with Crippen molar-refractivity contribution in [2.75, 3.05) is 12.0 Å². The lowest BCUT2D eigenvalue weighted by Gasteiger charge is -2.25. The van der Waals surface area contributed by atoms with Crippen molar-refractivity contribution in [3.05, 3.63) is 35.9 Å². The van der Waals surface area contributed by atoms with Crippen LogP contribution in [0.4, 0.5) is 0 Å². The zero-order chi connectivity index (χ0) is 28.0. The standard InChI is InChI=1S/C25H38N4O7S/c1-15(2)13-17(26)22(32)27-18(11-12-37-3)23(33)29-20(14-16-7-5-4-6-8-16)24(34)28-19(25(35)36)9-10-21(30)31/h4-8,15,17-20H,9-14,26H2,1-3H3,(H,27,32)(H,28,34)(H,29,33)(H,30,31)(H,35,36). The maximum Gasteiger partial charge on any atom is 0.326 e. The first-order valence-corrected chi connectivity index (χ1v) is 13.5. The van der Waals surface area contributed by atoms with Crippen LogP contribution in [0.3, 0.4) is 0 Å². The van der Waals surface area contributed by atoms with Gasteiger partial charge in [0.1, 0.15) is 18.1 Å². The van der Waals surface area contributed by atoms with Crippen LogP contribution >= 0.6 is 11.8 Å². The fraction of sp³-hybridized carbons (Fsp3) is 0.560. The van der Waals surface area contributed by atoms with E-state index in [0.29, 0.717) is 24.2 Å². The molecule has 4 unspecified atom stereocenters. The first-order valence-electron chi connectivity index (χ1n) is 12.1. The molecule has 0 aliphatic carbocycles. The molecule has 0 aromatic heterocycles. The Labute approximate surface area is 221 Å². The van der Waals surface area contributed by atoms with Crippen LogP contribution < -0.4 is 21.7 Å². The van der Waals surface area contributed by atoms with Crippen molar-refractivity contribution in [3.63, 3.8) is 0 Å². The van der Waals surface area contributed by atoms with E-state index in [0.717, 1.165) is 0 Å². The zero-order valence-electron chi connectivity index (χ0n) is 21.4. The topological polar surface area (TPSA) is 188 Å². The number of carboxylic acids is 2. The van der Waals surface area contributed by atoms with Crippen LogP contribution in [0.1, 0.15) is 45.1 Å². The summed E-state index contributed by atoms with van der Waals surface area (Å²) in [5.74, 6) is -3.70. The van der Waals surface area contributed by atoms with Crippen LogP contribution in [0.15, 0.2) is 30.3 Å². The summed E-state index contributed by atoms with van der Waals surface area (Å²) in [6.07, 6.45) is 1.88. The number of nitrogens with one attached hydrogen (secondary N) is 3.